The van der Waals surface area contributed by atoms with Crippen molar-refractivity contribution in [3.8, 4) is 5.88 Å². The van der Waals surface area contributed by atoms with Crippen LogP contribution in [-0.2, 0) is 24.7 Å². The highest BCUT2D eigenvalue weighted by Gasteiger charge is 2.48. The van der Waals surface area contributed by atoms with E-state index in [0.29, 0.717) is 68.0 Å². The van der Waals surface area contributed by atoms with Gasteiger partial charge in [0.1, 0.15) is 17.4 Å². The summed E-state index contributed by atoms with van der Waals surface area (Å²) in [5, 5.41) is 21.2. The molecule has 0 unspecified atom stereocenters. The van der Waals surface area contributed by atoms with E-state index >= 15 is 0 Å². The maximum Gasteiger partial charge on any atom is 0.339 e. The number of carbonyl (C=O) groups is 3. The highest BCUT2D eigenvalue weighted by atomic mass is 16.6. The standard InChI is InChI=1S/C34H39N5O6/c1-3-23(40)10-5-4-6-12-28(30(36)44-29(35)25-19-22-9-7-8-11-27(22)39-32(25)43-2)38-31(41)21-13-16-34(17-14-21)26-20-37-18-15-24(26)33(42)45-34/h7-9,11,15,18-21,28,35-36H,3-6,10,12-14,16-17H2,1-2H3,(H,38,41)/t21-,28-,34-/m0/s1. The fourth-order valence-electron chi connectivity index (χ4n) is 6.18. The van der Waals surface area contributed by atoms with Crippen LogP contribution in [-0.4, -0.2) is 52.6 Å². The Hall–Kier alpha value is -4.67. The third-order valence-corrected chi connectivity index (χ3v) is 8.80. The van der Waals surface area contributed by atoms with Crippen molar-refractivity contribution in [1.82, 2.24) is 15.3 Å². The van der Waals surface area contributed by atoms with Crippen LogP contribution in [0, 0.1) is 16.7 Å². The van der Waals surface area contributed by atoms with E-state index in [1.165, 1.54) is 7.11 Å². The normalized spacial score (nSPS) is 19.4. The van der Waals surface area contributed by atoms with Gasteiger partial charge in [0.15, 0.2) is 0 Å². The van der Waals surface area contributed by atoms with Gasteiger partial charge in [0.25, 0.3) is 0 Å². The first-order chi connectivity index (χ1) is 21.7. The number of ether oxygens (including phenoxy) is 3. The SMILES string of the molecule is CCC(=O)CCCCC[C@H](NC(=O)[C@H]1CC[C@@]2(CC1)OC(=O)c1ccncc12)C(=N)OC(=N)c1cc2ccccc2nc1OC. The van der Waals surface area contributed by atoms with Crippen molar-refractivity contribution in [3.05, 3.63) is 65.5 Å². The Morgan fingerprint density at radius 1 is 1.13 bits per heavy atom. The number of benzene rings is 1. The molecule has 3 N–H and O–H groups in total. The second-order valence-corrected chi connectivity index (χ2v) is 11.7. The number of unbranched alkanes of at least 4 members (excludes halogenated alkanes) is 2. The van der Waals surface area contributed by atoms with Crippen LogP contribution in [0.5, 0.6) is 5.88 Å². The molecule has 1 spiro atoms. The molecule has 0 saturated heterocycles. The van der Waals surface area contributed by atoms with Gasteiger partial charge < -0.3 is 19.5 Å². The Bertz CT molecular complexity index is 1610. The number of hydrogen-bond donors (Lipinski definition) is 3. The van der Waals surface area contributed by atoms with Gasteiger partial charge in [-0.15, -0.1) is 0 Å². The predicted octanol–water partition coefficient (Wildman–Crippen LogP) is 5.63. The summed E-state index contributed by atoms with van der Waals surface area (Å²) in [4.78, 5) is 46.4. The smallest absolute Gasteiger partial charge is 0.339 e. The molecule has 0 bridgehead atoms. The molecule has 1 amide bonds. The van der Waals surface area contributed by atoms with E-state index in [0.717, 1.165) is 23.8 Å². The number of esters is 1. The van der Waals surface area contributed by atoms with Crippen LogP contribution < -0.4 is 10.1 Å². The number of nitrogens with zero attached hydrogens (tertiary/aromatic N) is 2. The summed E-state index contributed by atoms with van der Waals surface area (Å²) in [6.45, 7) is 1.85. The molecule has 1 fully saturated rings. The summed E-state index contributed by atoms with van der Waals surface area (Å²) in [7, 11) is 1.46. The van der Waals surface area contributed by atoms with Crippen LogP contribution in [0.2, 0.25) is 0 Å². The minimum absolute atomic E-state index is 0.202. The zero-order valence-corrected chi connectivity index (χ0v) is 25.7. The van der Waals surface area contributed by atoms with Gasteiger partial charge in [0.05, 0.1) is 23.8 Å². The van der Waals surface area contributed by atoms with Gasteiger partial charge in [-0.25, -0.2) is 9.78 Å². The molecular weight excluding hydrogens is 574 g/mol. The van der Waals surface area contributed by atoms with Crippen LogP contribution in [0.3, 0.4) is 0 Å². The Labute approximate surface area is 262 Å². The third-order valence-electron chi connectivity index (χ3n) is 8.80. The van der Waals surface area contributed by atoms with Crippen molar-refractivity contribution < 1.29 is 28.6 Å². The molecule has 11 nitrogen and oxygen atoms in total. The summed E-state index contributed by atoms with van der Waals surface area (Å²) >= 11 is 0. The molecule has 1 saturated carbocycles. The van der Waals surface area contributed by atoms with Crippen LogP contribution in [0.1, 0.15) is 92.6 Å². The van der Waals surface area contributed by atoms with Crippen molar-refractivity contribution in [2.75, 3.05) is 7.11 Å². The summed E-state index contributed by atoms with van der Waals surface area (Å²) in [5.74, 6) is -1.06. The first-order valence-corrected chi connectivity index (χ1v) is 15.5. The minimum atomic E-state index is -0.774. The molecule has 3 heterocycles. The van der Waals surface area contributed by atoms with E-state index < -0.39 is 11.6 Å². The van der Waals surface area contributed by atoms with Crippen LogP contribution in [0.4, 0.5) is 0 Å². The second-order valence-electron chi connectivity index (χ2n) is 11.7. The zero-order chi connectivity index (χ0) is 32.0. The number of methoxy groups -OCH3 is 1. The summed E-state index contributed by atoms with van der Waals surface area (Å²) in [6, 6.07) is 10.1. The lowest BCUT2D eigenvalue weighted by molar-refractivity contribution is -0.128. The Kier molecular flexibility index (Phi) is 9.85. The lowest BCUT2D eigenvalue weighted by atomic mass is 9.75. The van der Waals surface area contributed by atoms with Crippen molar-refractivity contribution in [1.29, 1.82) is 10.8 Å². The average molecular weight is 614 g/mol. The number of carbonyl (C=O) groups excluding carboxylic acids is 3. The molecule has 1 aromatic carbocycles. The summed E-state index contributed by atoms with van der Waals surface area (Å²) < 4.78 is 17.0. The fraction of sp³-hybridized carbons (Fsp3) is 0.441. The number of hydrogen-bond acceptors (Lipinski definition) is 10. The van der Waals surface area contributed by atoms with Gasteiger partial charge in [0.2, 0.25) is 23.6 Å². The van der Waals surface area contributed by atoms with Crippen molar-refractivity contribution in [2.24, 2.45) is 5.92 Å². The number of fused-ring (bicyclic) bond motifs is 3. The van der Waals surface area contributed by atoms with Gasteiger partial charge in [-0.3, -0.25) is 25.4 Å². The van der Waals surface area contributed by atoms with Crippen LogP contribution in [0.15, 0.2) is 48.8 Å². The summed E-state index contributed by atoms with van der Waals surface area (Å²) in [5.41, 5.74) is 1.54. The molecule has 5 rings (SSSR count). The number of para-hydroxylation sites is 1. The molecule has 1 aliphatic heterocycles. The maximum atomic E-state index is 13.5. The fourth-order valence-corrected chi connectivity index (χ4v) is 6.18. The Morgan fingerprint density at radius 3 is 2.67 bits per heavy atom. The number of nitrogens with one attached hydrogen (secondary N) is 3. The number of Topliss-reactive ketones (excluding diaryl/α,β-unsaturated/α-hetero) is 1. The maximum absolute atomic E-state index is 13.5. The second kappa shape index (κ2) is 14.0. The lowest BCUT2D eigenvalue weighted by Crippen LogP contribution is -2.46. The van der Waals surface area contributed by atoms with E-state index in [1.807, 2.05) is 31.2 Å². The molecule has 11 heteroatoms. The first-order valence-electron chi connectivity index (χ1n) is 15.5. The molecule has 2 aliphatic rings. The van der Waals surface area contributed by atoms with E-state index in [-0.39, 0.29) is 41.3 Å². The molecular formula is C34H39N5O6. The van der Waals surface area contributed by atoms with Gasteiger partial charge >= 0.3 is 5.97 Å². The first kappa shape index (κ1) is 31.7. The van der Waals surface area contributed by atoms with E-state index in [2.05, 4.69) is 15.3 Å². The largest absolute Gasteiger partial charge is 0.480 e. The Morgan fingerprint density at radius 2 is 1.91 bits per heavy atom. The van der Waals surface area contributed by atoms with Crippen LogP contribution >= 0.6 is 0 Å². The zero-order valence-electron chi connectivity index (χ0n) is 25.7. The number of ketones is 1. The van der Waals surface area contributed by atoms with Crippen molar-refractivity contribution in [3.63, 3.8) is 0 Å². The molecule has 2 aromatic heterocycles. The third kappa shape index (κ3) is 7.02. The molecule has 45 heavy (non-hydrogen) atoms. The van der Waals surface area contributed by atoms with Gasteiger partial charge in [-0.2, -0.15) is 0 Å². The monoisotopic (exact) mass is 613 g/mol. The molecule has 1 aliphatic carbocycles. The van der Waals surface area contributed by atoms with Gasteiger partial charge in [-0.05, 0) is 56.7 Å². The minimum Gasteiger partial charge on any atom is -0.480 e. The number of pyridine rings is 2. The van der Waals surface area contributed by atoms with Crippen LogP contribution in [0.25, 0.3) is 10.9 Å². The average Bonchev–Trinajstić information content (AvgIpc) is 3.33. The lowest BCUT2D eigenvalue weighted by Gasteiger charge is -2.36. The Balaban J connectivity index is 1.25. The van der Waals surface area contributed by atoms with E-state index in [1.54, 1.807) is 24.5 Å². The molecule has 236 valence electrons. The highest BCUT2D eigenvalue weighted by Crippen LogP contribution is 2.47. The quantitative estimate of drug-likeness (QED) is 0.102. The number of aromatic nitrogens is 2. The molecule has 1 atom stereocenters. The number of amides is 1. The number of rotatable bonds is 12. The predicted molar refractivity (Wildman–Crippen MR) is 168 cm³/mol. The van der Waals surface area contributed by atoms with E-state index in [9.17, 15) is 14.4 Å². The van der Waals surface area contributed by atoms with Gasteiger partial charge in [-0.1, -0.05) is 38.0 Å². The van der Waals surface area contributed by atoms with E-state index in [4.69, 9.17) is 25.0 Å². The topological polar surface area (TPSA) is 164 Å². The highest BCUT2D eigenvalue weighted by molar-refractivity contribution is 6.04. The molecule has 3 aromatic rings. The van der Waals surface area contributed by atoms with Crippen molar-refractivity contribution in [2.45, 2.75) is 82.8 Å². The van der Waals surface area contributed by atoms with Gasteiger partial charge in [0, 0.05) is 42.1 Å². The molecule has 0 radical (unpaired) electrons. The summed E-state index contributed by atoms with van der Waals surface area (Å²) in [6.07, 6.45) is 8.84. The van der Waals surface area contributed by atoms with Crippen molar-refractivity contribution >= 4 is 40.4 Å².